The Bertz CT molecular complexity index is 173. The smallest absolute Gasteiger partial charge is 0.183 e. The fourth-order valence-corrected chi connectivity index (χ4v) is 1.24. The van der Waals surface area contributed by atoms with E-state index in [1.165, 1.54) is 6.33 Å². The quantitative estimate of drug-likeness (QED) is 0.684. The molecular weight excluding hydrogens is 160 g/mol. The molecule has 0 aromatic carbocycles. The Labute approximate surface area is 70.8 Å². The van der Waals surface area contributed by atoms with Crippen LogP contribution in [0.3, 0.4) is 0 Å². The second kappa shape index (κ2) is 5.15. The Balaban J connectivity index is 0.000001000. The number of nitrogens with zero attached hydrogens (tertiary/aromatic N) is 2. The Hall–Kier alpha value is -0.550. The van der Waals surface area contributed by atoms with Crippen molar-refractivity contribution in [1.82, 2.24) is 21.3 Å². The number of thioether (sulfide) groups is 1. The first kappa shape index (κ1) is 10.4. The fraction of sp³-hybridized carbons (Fsp3) is 0.667. The van der Waals surface area contributed by atoms with Gasteiger partial charge in [0.25, 0.3) is 0 Å². The van der Waals surface area contributed by atoms with Gasteiger partial charge in [0.2, 0.25) is 0 Å². The normalized spacial score (nSPS) is 9.73. The van der Waals surface area contributed by atoms with Crippen LogP contribution in [0.25, 0.3) is 0 Å². The van der Waals surface area contributed by atoms with Gasteiger partial charge in [-0.25, -0.2) is 4.98 Å². The van der Waals surface area contributed by atoms with Gasteiger partial charge in [-0.05, 0) is 5.92 Å². The number of hydrogen-bond donors (Lipinski definition) is 2. The van der Waals surface area contributed by atoms with E-state index >= 15 is 0 Å². The third-order valence-electron chi connectivity index (χ3n) is 0.946. The van der Waals surface area contributed by atoms with Crippen LogP contribution in [0.15, 0.2) is 11.5 Å². The molecule has 0 amide bonds. The second-order valence-corrected chi connectivity index (χ2v) is 3.50. The minimum absolute atomic E-state index is 0. The molecule has 11 heavy (non-hydrogen) atoms. The minimum atomic E-state index is 0. The monoisotopic (exact) mass is 174 g/mol. The molecule has 1 aromatic rings. The standard InChI is InChI=1S/C6H11N3S.H3N/c1-5(2)3-10-6-7-4-8-9-6;/h4-5H,3H2,1-2H3,(H,7,8,9);1H3. The van der Waals surface area contributed by atoms with Gasteiger partial charge >= 0.3 is 0 Å². The highest BCUT2D eigenvalue weighted by Crippen LogP contribution is 2.14. The van der Waals surface area contributed by atoms with Gasteiger partial charge in [0.05, 0.1) is 0 Å². The van der Waals surface area contributed by atoms with E-state index in [1.807, 2.05) is 0 Å². The van der Waals surface area contributed by atoms with Crippen molar-refractivity contribution in [3.8, 4) is 0 Å². The SMILES string of the molecule is CC(C)CSc1ncn[nH]1.N. The number of H-pyrrole nitrogens is 1. The van der Waals surface area contributed by atoms with E-state index in [1.54, 1.807) is 11.8 Å². The first-order chi connectivity index (χ1) is 4.79. The van der Waals surface area contributed by atoms with Gasteiger partial charge in [-0.1, -0.05) is 25.6 Å². The highest BCUT2D eigenvalue weighted by atomic mass is 32.2. The summed E-state index contributed by atoms with van der Waals surface area (Å²) in [6.07, 6.45) is 1.53. The third-order valence-corrected chi connectivity index (χ3v) is 2.25. The molecule has 4 N–H and O–H groups in total. The highest BCUT2D eigenvalue weighted by molar-refractivity contribution is 7.99. The summed E-state index contributed by atoms with van der Waals surface area (Å²) in [5.74, 6) is 1.80. The van der Waals surface area contributed by atoms with Crippen LogP contribution in [0.2, 0.25) is 0 Å². The molecular formula is C6H14N4S. The molecule has 64 valence electrons. The van der Waals surface area contributed by atoms with E-state index in [4.69, 9.17) is 0 Å². The lowest BCUT2D eigenvalue weighted by Crippen LogP contribution is -1.90. The van der Waals surface area contributed by atoms with Crippen LogP contribution >= 0.6 is 11.8 Å². The zero-order valence-corrected chi connectivity index (χ0v) is 7.69. The maximum absolute atomic E-state index is 3.98. The fourth-order valence-electron chi connectivity index (χ4n) is 0.509. The van der Waals surface area contributed by atoms with Crippen molar-refractivity contribution in [2.75, 3.05) is 5.75 Å². The van der Waals surface area contributed by atoms with Crippen LogP contribution in [-0.4, -0.2) is 20.9 Å². The molecule has 0 unspecified atom stereocenters. The van der Waals surface area contributed by atoms with Crippen LogP contribution in [0.4, 0.5) is 0 Å². The molecule has 0 saturated heterocycles. The van der Waals surface area contributed by atoms with Gasteiger partial charge in [0.15, 0.2) is 5.16 Å². The third kappa shape index (κ3) is 4.00. The lowest BCUT2D eigenvalue weighted by molar-refractivity contribution is 0.748. The minimum Gasteiger partial charge on any atom is -0.344 e. The summed E-state index contributed by atoms with van der Waals surface area (Å²) >= 11 is 1.71. The van der Waals surface area contributed by atoms with Gasteiger partial charge < -0.3 is 6.15 Å². The molecule has 0 aliphatic heterocycles. The molecule has 0 atom stereocenters. The second-order valence-electron chi connectivity index (χ2n) is 2.50. The summed E-state index contributed by atoms with van der Waals surface area (Å²) in [4.78, 5) is 3.98. The van der Waals surface area contributed by atoms with Crippen molar-refractivity contribution >= 4 is 11.8 Å². The van der Waals surface area contributed by atoms with Gasteiger partial charge in [-0.3, -0.25) is 5.10 Å². The average Bonchev–Trinajstić information content (AvgIpc) is 2.34. The molecule has 0 aliphatic carbocycles. The highest BCUT2D eigenvalue weighted by Gasteiger charge is 1.97. The number of aromatic nitrogens is 3. The average molecular weight is 174 g/mol. The van der Waals surface area contributed by atoms with E-state index in [-0.39, 0.29) is 6.15 Å². The number of hydrogen-bond acceptors (Lipinski definition) is 4. The van der Waals surface area contributed by atoms with Crippen LogP contribution < -0.4 is 6.15 Å². The Morgan fingerprint density at radius 2 is 2.36 bits per heavy atom. The summed E-state index contributed by atoms with van der Waals surface area (Å²) in [5, 5.41) is 7.45. The van der Waals surface area contributed by atoms with Gasteiger partial charge in [-0.2, -0.15) is 5.10 Å². The van der Waals surface area contributed by atoms with Crippen LogP contribution in [0.5, 0.6) is 0 Å². The first-order valence-electron chi connectivity index (χ1n) is 3.27. The molecule has 0 aliphatic rings. The van der Waals surface area contributed by atoms with Crippen molar-refractivity contribution in [2.24, 2.45) is 5.92 Å². The van der Waals surface area contributed by atoms with E-state index in [9.17, 15) is 0 Å². The first-order valence-corrected chi connectivity index (χ1v) is 4.25. The van der Waals surface area contributed by atoms with Crippen molar-refractivity contribution in [3.63, 3.8) is 0 Å². The molecule has 0 fully saturated rings. The van der Waals surface area contributed by atoms with Gasteiger partial charge in [0, 0.05) is 5.75 Å². The van der Waals surface area contributed by atoms with Crippen molar-refractivity contribution in [1.29, 1.82) is 0 Å². The molecule has 4 nitrogen and oxygen atoms in total. The summed E-state index contributed by atoms with van der Waals surface area (Å²) < 4.78 is 0. The summed E-state index contributed by atoms with van der Waals surface area (Å²) in [6.45, 7) is 4.37. The Morgan fingerprint density at radius 1 is 1.64 bits per heavy atom. The maximum atomic E-state index is 3.98. The van der Waals surface area contributed by atoms with Crippen molar-refractivity contribution in [2.45, 2.75) is 19.0 Å². The Morgan fingerprint density at radius 3 is 2.82 bits per heavy atom. The number of nitrogens with one attached hydrogen (secondary N) is 1. The summed E-state index contributed by atoms with van der Waals surface area (Å²) in [7, 11) is 0. The predicted molar refractivity (Wildman–Crippen MR) is 47.0 cm³/mol. The molecule has 5 heteroatoms. The largest absolute Gasteiger partial charge is 0.344 e. The maximum Gasteiger partial charge on any atom is 0.183 e. The van der Waals surface area contributed by atoms with E-state index in [0.717, 1.165) is 10.9 Å². The summed E-state index contributed by atoms with van der Waals surface area (Å²) in [6, 6.07) is 0. The van der Waals surface area contributed by atoms with Crippen LogP contribution in [0, 0.1) is 5.92 Å². The molecule has 0 radical (unpaired) electrons. The lowest BCUT2D eigenvalue weighted by atomic mass is 10.3. The zero-order valence-electron chi connectivity index (χ0n) is 6.87. The molecule has 1 aromatic heterocycles. The van der Waals surface area contributed by atoms with Crippen LogP contribution in [-0.2, 0) is 0 Å². The van der Waals surface area contributed by atoms with Gasteiger partial charge in [0.1, 0.15) is 6.33 Å². The zero-order chi connectivity index (χ0) is 7.40. The molecule has 0 bridgehead atoms. The van der Waals surface area contributed by atoms with Crippen LogP contribution in [0.1, 0.15) is 13.8 Å². The van der Waals surface area contributed by atoms with Gasteiger partial charge in [-0.15, -0.1) is 0 Å². The molecule has 1 rings (SSSR count). The summed E-state index contributed by atoms with van der Waals surface area (Å²) in [5.41, 5.74) is 0. The Kier molecular flexibility index (Phi) is 4.89. The van der Waals surface area contributed by atoms with Crippen molar-refractivity contribution < 1.29 is 0 Å². The lowest BCUT2D eigenvalue weighted by Gasteiger charge is -1.99. The van der Waals surface area contributed by atoms with E-state index < -0.39 is 0 Å². The molecule has 0 spiro atoms. The van der Waals surface area contributed by atoms with Crippen molar-refractivity contribution in [3.05, 3.63) is 6.33 Å². The number of aromatic amines is 1. The topological polar surface area (TPSA) is 76.6 Å². The molecule has 0 saturated carbocycles. The van der Waals surface area contributed by atoms with E-state index in [0.29, 0.717) is 5.92 Å². The predicted octanol–water partition coefficient (Wildman–Crippen LogP) is 1.71. The van der Waals surface area contributed by atoms with E-state index in [2.05, 4.69) is 29.0 Å². The number of rotatable bonds is 3. The molecule has 1 heterocycles.